The van der Waals surface area contributed by atoms with Gasteiger partial charge in [0.2, 0.25) is 11.8 Å². The van der Waals surface area contributed by atoms with Crippen molar-refractivity contribution < 1.29 is 27.1 Å². The molecule has 0 aliphatic carbocycles. The quantitative estimate of drug-likeness (QED) is 0.185. The molecule has 8 nitrogen and oxygen atoms in total. The largest absolute Gasteiger partial charge is 0.495 e. The fourth-order valence-corrected chi connectivity index (χ4v) is 6.47. The van der Waals surface area contributed by atoms with Crippen LogP contribution in [-0.2, 0) is 32.6 Å². The zero-order valence-electron chi connectivity index (χ0n) is 26.5. The molecule has 0 bridgehead atoms. The Bertz CT molecular complexity index is 1740. The van der Waals surface area contributed by atoms with Crippen molar-refractivity contribution in [3.05, 3.63) is 126 Å². The third-order valence-electron chi connectivity index (χ3n) is 7.78. The molecule has 242 valence electrons. The Kier molecular flexibility index (Phi) is 11.5. The number of carbonyl (C=O) groups is 2. The highest BCUT2D eigenvalue weighted by Crippen LogP contribution is 2.34. The summed E-state index contributed by atoms with van der Waals surface area (Å²) in [5.41, 5.74) is 1.88. The SMILES string of the molecule is CC[C@H](C)NC(=O)[C@H](Cc1ccccc1)N(Cc1ccccc1F)C(=O)CN(c1cc(C)ccc1OC)S(=O)(=O)c1ccccc1. The summed E-state index contributed by atoms with van der Waals surface area (Å²) >= 11 is 0. The van der Waals surface area contributed by atoms with Crippen LogP contribution in [-0.4, -0.2) is 50.9 Å². The Morgan fingerprint density at radius 2 is 1.54 bits per heavy atom. The highest BCUT2D eigenvalue weighted by atomic mass is 32.2. The number of hydrogen-bond donors (Lipinski definition) is 1. The topological polar surface area (TPSA) is 96.0 Å². The maximum atomic E-state index is 15.1. The van der Waals surface area contributed by atoms with E-state index in [1.54, 1.807) is 61.5 Å². The van der Waals surface area contributed by atoms with Gasteiger partial charge < -0.3 is 15.0 Å². The molecule has 0 fully saturated rings. The lowest BCUT2D eigenvalue weighted by atomic mass is 10.0. The Morgan fingerprint density at radius 1 is 0.913 bits per heavy atom. The molecule has 0 saturated carbocycles. The molecule has 46 heavy (non-hydrogen) atoms. The van der Waals surface area contributed by atoms with Gasteiger partial charge in [-0.1, -0.05) is 79.7 Å². The van der Waals surface area contributed by atoms with Crippen molar-refractivity contribution in [2.45, 2.75) is 57.1 Å². The number of methoxy groups -OCH3 is 1. The number of rotatable bonds is 14. The van der Waals surface area contributed by atoms with Gasteiger partial charge in [-0.25, -0.2) is 12.8 Å². The normalized spacial score (nSPS) is 12.5. The third-order valence-corrected chi connectivity index (χ3v) is 9.56. The van der Waals surface area contributed by atoms with Gasteiger partial charge in [-0.05, 0) is 61.7 Å². The first-order chi connectivity index (χ1) is 22.0. The smallest absolute Gasteiger partial charge is 0.264 e. The number of nitrogens with one attached hydrogen (secondary N) is 1. The Labute approximate surface area is 270 Å². The number of nitrogens with zero attached hydrogens (tertiary/aromatic N) is 2. The number of sulfonamides is 1. The van der Waals surface area contributed by atoms with Crippen molar-refractivity contribution >= 4 is 27.5 Å². The number of amides is 2. The van der Waals surface area contributed by atoms with Gasteiger partial charge in [-0.15, -0.1) is 0 Å². The summed E-state index contributed by atoms with van der Waals surface area (Å²) in [5.74, 6) is -1.41. The summed E-state index contributed by atoms with van der Waals surface area (Å²) in [6.07, 6.45) is 0.782. The molecular weight excluding hydrogens is 605 g/mol. The second-order valence-corrected chi connectivity index (χ2v) is 13.0. The van der Waals surface area contributed by atoms with Crippen molar-refractivity contribution in [2.24, 2.45) is 0 Å². The molecule has 1 N–H and O–H groups in total. The Hall–Kier alpha value is -4.70. The number of carbonyl (C=O) groups excluding carboxylic acids is 2. The number of aryl methyl sites for hydroxylation is 1. The highest BCUT2D eigenvalue weighted by molar-refractivity contribution is 7.92. The highest BCUT2D eigenvalue weighted by Gasteiger charge is 2.36. The molecule has 0 unspecified atom stereocenters. The lowest BCUT2D eigenvalue weighted by molar-refractivity contribution is -0.140. The molecule has 0 heterocycles. The predicted octanol–water partition coefficient (Wildman–Crippen LogP) is 5.89. The number of halogens is 1. The average molecular weight is 646 g/mol. The maximum absolute atomic E-state index is 15.1. The first kappa shape index (κ1) is 34.2. The molecule has 2 atom stereocenters. The summed E-state index contributed by atoms with van der Waals surface area (Å²) in [4.78, 5) is 29.7. The first-order valence-corrected chi connectivity index (χ1v) is 16.6. The van der Waals surface area contributed by atoms with Crippen LogP contribution in [0.15, 0.2) is 108 Å². The maximum Gasteiger partial charge on any atom is 0.264 e. The van der Waals surface area contributed by atoms with E-state index in [1.165, 1.54) is 30.2 Å². The van der Waals surface area contributed by atoms with Gasteiger partial charge in [0.05, 0.1) is 17.7 Å². The van der Waals surface area contributed by atoms with Gasteiger partial charge in [0.1, 0.15) is 24.2 Å². The van der Waals surface area contributed by atoms with Crippen LogP contribution in [0.25, 0.3) is 0 Å². The van der Waals surface area contributed by atoms with E-state index >= 15 is 4.39 Å². The molecule has 0 spiro atoms. The van der Waals surface area contributed by atoms with E-state index in [1.807, 2.05) is 44.2 Å². The lowest BCUT2D eigenvalue weighted by Gasteiger charge is -2.34. The number of anilines is 1. The van der Waals surface area contributed by atoms with Crippen LogP contribution in [0.3, 0.4) is 0 Å². The molecule has 4 aromatic rings. The summed E-state index contributed by atoms with van der Waals surface area (Å²) < 4.78 is 50.1. The van der Waals surface area contributed by atoms with Crippen molar-refractivity contribution in [1.82, 2.24) is 10.2 Å². The van der Waals surface area contributed by atoms with Crippen LogP contribution in [0.4, 0.5) is 10.1 Å². The minimum Gasteiger partial charge on any atom is -0.495 e. The van der Waals surface area contributed by atoms with Gasteiger partial charge in [0.25, 0.3) is 10.0 Å². The molecular formula is C36H40FN3O5S. The van der Waals surface area contributed by atoms with E-state index in [9.17, 15) is 18.0 Å². The van der Waals surface area contributed by atoms with Gasteiger partial charge >= 0.3 is 0 Å². The minimum atomic E-state index is -4.31. The molecule has 10 heteroatoms. The van der Waals surface area contributed by atoms with E-state index in [2.05, 4.69) is 5.32 Å². The first-order valence-electron chi connectivity index (χ1n) is 15.1. The van der Waals surface area contributed by atoms with Gasteiger partial charge in [-0.3, -0.25) is 13.9 Å². The van der Waals surface area contributed by atoms with Crippen molar-refractivity contribution in [2.75, 3.05) is 18.0 Å². The van der Waals surface area contributed by atoms with Gasteiger partial charge in [0, 0.05) is 24.6 Å². The summed E-state index contributed by atoms with van der Waals surface area (Å²) in [5, 5.41) is 2.97. The Morgan fingerprint density at radius 3 is 2.17 bits per heavy atom. The third kappa shape index (κ3) is 8.31. The van der Waals surface area contributed by atoms with Crippen LogP contribution in [0.2, 0.25) is 0 Å². The fourth-order valence-electron chi connectivity index (χ4n) is 5.03. The summed E-state index contributed by atoms with van der Waals surface area (Å²) in [7, 11) is -2.89. The van der Waals surface area contributed by atoms with Crippen LogP contribution >= 0.6 is 0 Å². The molecule has 0 saturated heterocycles. The molecule has 4 rings (SSSR count). The van der Waals surface area contributed by atoms with E-state index in [0.29, 0.717) is 6.42 Å². The number of hydrogen-bond acceptors (Lipinski definition) is 5. The zero-order chi connectivity index (χ0) is 33.3. The molecule has 0 aliphatic rings. The second-order valence-electron chi connectivity index (χ2n) is 11.1. The molecule has 0 aliphatic heterocycles. The molecule has 4 aromatic carbocycles. The minimum absolute atomic E-state index is 0.0256. The van der Waals surface area contributed by atoms with E-state index in [-0.39, 0.29) is 40.9 Å². The summed E-state index contributed by atoms with van der Waals surface area (Å²) in [6, 6.07) is 26.8. The fraction of sp³-hybridized carbons (Fsp3) is 0.278. The standard InChI is InChI=1S/C36H40FN3O5S/c1-5-27(3)38-36(42)33(23-28-14-8-6-9-15-28)39(24-29-16-12-13-19-31(29)37)35(41)25-40(32-22-26(2)20-21-34(32)45-4)46(43,44)30-17-10-7-11-18-30/h6-22,27,33H,5,23-25H2,1-4H3,(H,38,42)/t27-,33-/m0/s1. The van der Waals surface area contributed by atoms with Crippen LogP contribution in [0.5, 0.6) is 5.75 Å². The average Bonchev–Trinajstić information content (AvgIpc) is 3.06. The van der Waals surface area contributed by atoms with Crippen molar-refractivity contribution in [1.29, 1.82) is 0 Å². The summed E-state index contributed by atoms with van der Waals surface area (Å²) in [6.45, 7) is 4.66. The van der Waals surface area contributed by atoms with Gasteiger partial charge in [0.15, 0.2) is 0 Å². The molecule has 0 aromatic heterocycles. The van der Waals surface area contributed by atoms with Crippen molar-refractivity contribution in [3.8, 4) is 5.75 Å². The van der Waals surface area contributed by atoms with E-state index < -0.39 is 40.2 Å². The Balaban J connectivity index is 1.86. The predicted molar refractivity (Wildman–Crippen MR) is 177 cm³/mol. The monoisotopic (exact) mass is 645 g/mol. The molecule has 0 radical (unpaired) electrons. The zero-order valence-corrected chi connectivity index (χ0v) is 27.3. The van der Waals surface area contributed by atoms with Crippen LogP contribution in [0.1, 0.15) is 37.0 Å². The van der Waals surface area contributed by atoms with E-state index in [4.69, 9.17) is 4.74 Å². The van der Waals surface area contributed by atoms with E-state index in [0.717, 1.165) is 15.4 Å². The molecule has 2 amide bonds. The lowest BCUT2D eigenvalue weighted by Crippen LogP contribution is -2.54. The number of benzene rings is 4. The van der Waals surface area contributed by atoms with Crippen LogP contribution < -0.4 is 14.4 Å². The number of ether oxygens (including phenoxy) is 1. The van der Waals surface area contributed by atoms with Crippen LogP contribution in [0, 0.1) is 12.7 Å². The van der Waals surface area contributed by atoms with Gasteiger partial charge in [-0.2, -0.15) is 0 Å². The second kappa shape index (κ2) is 15.5. The van der Waals surface area contributed by atoms with Crippen molar-refractivity contribution in [3.63, 3.8) is 0 Å².